The van der Waals surface area contributed by atoms with Crippen LogP contribution in [-0.2, 0) is 14.8 Å². The predicted octanol–water partition coefficient (Wildman–Crippen LogP) is 3.02. The predicted molar refractivity (Wildman–Crippen MR) is 104 cm³/mol. The zero-order valence-corrected chi connectivity index (χ0v) is 16.2. The number of primary sulfonamides is 1. The van der Waals surface area contributed by atoms with Crippen LogP contribution in [-0.4, -0.2) is 27.5 Å². The summed E-state index contributed by atoms with van der Waals surface area (Å²) in [4.78, 5) is 11.8. The van der Waals surface area contributed by atoms with E-state index in [1.807, 2.05) is 6.92 Å². The van der Waals surface area contributed by atoms with Gasteiger partial charge >= 0.3 is 5.97 Å². The number of nitrogens with zero attached hydrogens (tertiary/aromatic N) is 1. The Labute approximate surface area is 163 Å². The standard InChI is InChI=1S/C19H21N3O5S/c1-2-3-10-22-16-12-14(19(23)26-11-9-20)13-17(28(21,24)25)18(16)27-15-7-5-4-6-8-15/h4-8,12-13,22H,2-3,10-11H2,1H3,(H2,21,24,25). The first kappa shape index (κ1) is 21.2. The molecule has 0 fully saturated rings. The molecular weight excluding hydrogens is 382 g/mol. The number of hydrogen-bond acceptors (Lipinski definition) is 7. The van der Waals surface area contributed by atoms with Crippen molar-refractivity contribution in [2.24, 2.45) is 5.14 Å². The molecule has 0 bridgehead atoms. The quantitative estimate of drug-likeness (QED) is 0.486. The molecule has 0 aliphatic carbocycles. The molecule has 148 valence electrons. The van der Waals surface area contributed by atoms with E-state index in [0.29, 0.717) is 12.3 Å². The maximum Gasteiger partial charge on any atom is 0.339 e. The van der Waals surface area contributed by atoms with Gasteiger partial charge in [-0.1, -0.05) is 31.5 Å². The van der Waals surface area contributed by atoms with Gasteiger partial charge < -0.3 is 14.8 Å². The number of hydrogen-bond donors (Lipinski definition) is 2. The molecule has 28 heavy (non-hydrogen) atoms. The lowest BCUT2D eigenvalue weighted by Crippen LogP contribution is -2.17. The maximum absolute atomic E-state index is 12.2. The molecule has 0 saturated heterocycles. The van der Waals surface area contributed by atoms with E-state index in [4.69, 9.17) is 19.9 Å². The van der Waals surface area contributed by atoms with Crippen molar-refractivity contribution >= 4 is 21.7 Å². The SMILES string of the molecule is CCCCNc1cc(C(=O)OCC#N)cc(S(N)(=O)=O)c1Oc1ccccc1. The zero-order valence-electron chi connectivity index (χ0n) is 15.3. The van der Waals surface area contributed by atoms with Gasteiger partial charge in [-0.05, 0) is 30.7 Å². The Kier molecular flexibility index (Phi) is 7.37. The van der Waals surface area contributed by atoms with Crippen molar-refractivity contribution in [3.05, 3.63) is 48.0 Å². The average Bonchev–Trinajstić information content (AvgIpc) is 2.67. The molecular formula is C19H21N3O5S. The Morgan fingerprint density at radius 2 is 1.96 bits per heavy atom. The van der Waals surface area contributed by atoms with E-state index >= 15 is 0 Å². The number of nitrogens with one attached hydrogen (secondary N) is 1. The lowest BCUT2D eigenvalue weighted by atomic mass is 10.1. The number of ether oxygens (including phenoxy) is 2. The summed E-state index contributed by atoms with van der Waals surface area (Å²) < 4.78 is 34.9. The van der Waals surface area contributed by atoms with Crippen LogP contribution in [0.15, 0.2) is 47.4 Å². The highest BCUT2D eigenvalue weighted by Crippen LogP contribution is 2.37. The van der Waals surface area contributed by atoms with Gasteiger partial charge in [0.15, 0.2) is 12.4 Å². The largest absolute Gasteiger partial charge is 0.454 e. The van der Waals surface area contributed by atoms with Crippen LogP contribution in [0.2, 0.25) is 0 Å². The number of nitrogens with two attached hydrogens (primary N) is 1. The molecule has 2 aromatic carbocycles. The number of benzene rings is 2. The van der Waals surface area contributed by atoms with Crippen molar-refractivity contribution in [1.29, 1.82) is 5.26 Å². The number of sulfonamides is 1. The first-order chi connectivity index (χ1) is 13.4. The van der Waals surface area contributed by atoms with Gasteiger partial charge in [0.2, 0.25) is 10.0 Å². The minimum atomic E-state index is -4.22. The molecule has 2 rings (SSSR count). The fraction of sp³-hybridized carbons (Fsp3) is 0.263. The van der Waals surface area contributed by atoms with Gasteiger partial charge in [-0.3, -0.25) is 0 Å². The zero-order chi connectivity index (χ0) is 20.6. The molecule has 0 aliphatic heterocycles. The third kappa shape index (κ3) is 5.70. The molecule has 0 aliphatic rings. The first-order valence-electron chi connectivity index (χ1n) is 8.58. The highest BCUT2D eigenvalue weighted by molar-refractivity contribution is 7.89. The number of para-hydroxylation sites is 1. The topological polar surface area (TPSA) is 132 Å². The summed E-state index contributed by atoms with van der Waals surface area (Å²) in [5.74, 6) is -0.441. The smallest absolute Gasteiger partial charge is 0.339 e. The van der Waals surface area contributed by atoms with Gasteiger partial charge in [0.1, 0.15) is 16.7 Å². The van der Waals surface area contributed by atoms with Crippen molar-refractivity contribution in [2.45, 2.75) is 24.7 Å². The number of carbonyl (C=O) groups is 1. The van der Waals surface area contributed by atoms with Crippen molar-refractivity contribution in [3.63, 3.8) is 0 Å². The summed E-state index contributed by atoms with van der Waals surface area (Å²) in [6, 6.07) is 12.8. The summed E-state index contributed by atoms with van der Waals surface area (Å²) in [6.07, 6.45) is 1.73. The van der Waals surface area contributed by atoms with Gasteiger partial charge in [0, 0.05) is 6.54 Å². The van der Waals surface area contributed by atoms with E-state index in [2.05, 4.69) is 5.32 Å². The van der Waals surface area contributed by atoms with Gasteiger partial charge in [0.05, 0.1) is 11.3 Å². The Balaban J connectivity index is 2.57. The second kappa shape index (κ2) is 9.73. The summed E-state index contributed by atoms with van der Waals surface area (Å²) >= 11 is 0. The van der Waals surface area contributed by atoms with Crippen LogP contribution in [0.25, 0.3) is 0 Å². The molecule has 2 aromatic rings. The van der Waals surface area contributed by atoms with Crippen LogP contribution < -0.4 is 15.2 Å². The summed E-state index contributed by atoms with van der Waals surface area (Å²) in [5, 5.41) is 17.0. The van der Waals surface area contributed by atoms with Crippen LogP contribution >= 0.6 is 0 Å². The molecule has 0 radical (unpaired) electrons. The minimum Gasteiger partial charge on any atom is -0.454 e. The monoisotopic (exact) mass is 403 g/mol. The molecule has 0 unspecified atom stereocenters. The van der Waals surface area contributed by atoms with Gasteiger partial charge in [-0.2, -0.15) is 5.26 Å². The summed E-state index contributed by atoms with van der Waals surface area (Å²) in [7, 11) is -4.22. The Bertz CT molecular complexity index is 969. The first-order valence-corrected chi connectivity index (χ1v) is 10.1. The summed E-state index contributed by atoms with van der Waals surface area (Å²) in [5.41, 5.74) is 0.228. The molecule has 0 spiro atoms. The number of rotatable bonds is 9. The number of carbonyl (C=O) groups excluding carboxylic acids is 1. The lowest BCUT2D eigenvalue weighted by molar-refractivity contribution is 0.0554. The van der Waals surface area contributed by atoms with Crippen LogP contribution in [0.3, 0.4) is 0 Å². The molecule has 0 atom stereocenters. The molecule has 3 N–H and O–H groups in total. The molecule has 0 saturated carbocycles. The van der Waals surface area contributed by atoms with Gasteiger partial charge in [-0.25, -0.2) is 18.4 Å². The molecule has 9 heteroatoms. The fourth-order valence-electron chi connectivity index (χ4n) is 2.36. The molecule has 0 amide bonds. The molecule has 0 aromatic heterocycles. The highest BCUT2D eigenvalue weighted by Gasteiger charge is 2.24. The third-order valence-corrected chi connectivity index (χ3v) is 4.59. The van der Waals surface area contributed by atoms with Crippen molar-refractivity contribution in [3.8, 4) is 17.6 Å². The Morgan fingerprint density at radius 3 is 2.57 bits per heavy atom. The second-order valence-corrected chi connectivity index (χ2v) is 7.36. The van der Waals surface area contributed by atoms with Crippen LogP contribution in [0, 0.1) is 11.3 Å². The number of esters is 1. The lowest BCUT2D eigenvalue weighted by Gasteiger charge is -2.17. The second-order valence-electron chi connectivity index (χ2n) is 5.83. The fourth-order valence-corrected chi connectivity index (χ4v) is 3.06. The van der Waals surface area contributed by atoms with Gasteiger partial charge in [-0.15, -0.1) is 0 Å². The Morgan fingerprint density at radius 1 is 1.25 bits per heavy atom. The van der Waals surface area contributed by atoms with Crippen molar-refractivity contribution in [2.75, 3.05) is 18.5 Å². The minimum absolute atomic E-state index is 0.0124. The average molecular weight is 403 g/mol. The molecule has 0 heterocycles. The summed E-state index contributed by atoms with van der Waals surface area (Å²) in [6.45, 7) is 2.08. The van der Waals surface area contributed by atoms with Crippen LogP contribution in [0.5, 0.6) is 11.5 Å². The van der Waals surface area contributed by atoms with E-state index in [1.165, 1.54) is 6.07 Å². The van der Waals surface area contributed by atoms with E-state index in [1.54, 1.807) is 36.4 Å². The number of nitriles is 1. The molecule has 8 nitrogen and oxygen atoms in total. The highest BCUT2D eigenvalue weighted by atomic mass is 32.2. The van der Waals surface area contributed by atoms with E-state index in [0.717, 1.165) is 18.9 Å². The van der Waals surface area contributed by atoms with Crippen molar-refractivity contribution < 1.29 is 22.7 Å². The Hall–Kier alpha value is -3.09. The van der Waals surface area contributed by atoms with E-state index in [9.17, 15) is 13.2 Å². The third-order valence-electron chi connectivity index (χ3n) is 3.67. The normalized spacial score (nSPS) is 10.8. The number of anilines is 1. The van der Waals surface area contributed by atoms with E-state index < -0.39 is 22.6 Å². The van der Waals surface area contributed by atoms with Gasteiger partial charge in [0.25, 0.3) is 0 Å². The number of unbranched alkanes of at least 4 members (excludes halogenated alkanes) is 1. The van der Waals surface area contributed by atoms with Crippen LogP contribution in [0.1, 0.15) is 30.1 Å². The van der Waals surface area contributed by atoms with Crippen molar-refractivity contribution in [1.82, 2.24) is 0 Å². The van der Waals surface area contributed by atoms with E-state index in [-0.39, 0.29) is 21.9 Å². The van der Waals surface area contributed by atoms with Crippen LogP contribution in [0.4, 0.5) is 5.69 Å². The maximum atomic E-state index is 12.2.